The van der Waals surface area contributed by atoms with Gasteiger partial charge in [0.1, 0.15) is 11.6 Å². The van der Waals surface area contributed by atoms with E-state index in [1.165, 1.54) is 42.5 Å². The third-order valence-corrected chi connectivity index (χ3v) is 4.80. The third-order valence-electron chi connectivity index (χ3n) is 4.11. The molecule has 0 aliphatic carbocycles. The lowest BCUT2D eigenvalue weighted by molar-refractivity contribution is 0.0670. The van der Waals surface area contributed by atoms with Crippen LogP contribution in [0, 0.1) is 11.6 Å². The summed E-state index contributed by atoms with van der Waals surface area (Å²) in [6.07, 6.45) is 0. The first-order valence-electron chi connectivity index (χ1n) is 8.00. The highest BCUT2D eigenvalue weighted by Crippen LogP contribution is 2.20. The minimum Gasteiger partial charge on any atom is -0.335 e. The van der Waals surface area contributed by atoms with Crippen LogP contribution in [0.2, 0.25) is 0 Å². The van der Waals surface area contributed by atoms with Gasteiger partial charge in [-0.25, -0.2) is 13.6 Å². The van der Waals surface area contributed by atoms with Crippen LogP contribution < -0.4 is 5.32 Å². The van der Waals surface area contributed by atoms with Gasteiger partial charge in [0.15, 0.2) is 0 Å². The van der Waals surface area contributed by atoms with Gasteiger partial charge in [-0.05, 0) is 58.4 Å². The Morgan fingerprint density at radius 1 is 0.885 bits per heavy atom. The summed E-state index contributed by atoms with van der Waals surface area (Å²) in [5.41, 5.74) is 0.757. The highest BCUT2D eigenvalue weighted by molar-refractivity contribution is 9.10. The molecule has 1 N–H and O–H groups in total. The molecule has 1 aliphatic rings. The standard InChI is InChI=1S/C18H16BrF2N3O2/c19-16-6-3-13(21)11-15(16)17(25)23-7-9-24(10-8-23)18(26)22-14-4-1-12(20)2-5-14/h1-6,11H,7-10H2,(H,22,26). The summed E-state index contributed by atoms with van der Waals surface area (Å²) in [6.45, 7) is 1.40. The predicted molar refractivity (Wildman–Crippen MR) is 97.0 cm³/mol. The number of rotatable bonds is 2. The van der Waals surface area contributed by atoms with Gasteiger partial charge in [-0.15, -0.1) is 0 Å². The second-order valence-corrected chi connectivity index (χ2v) is 6.69. The van der Waals surface area contributed by atoms with E-state index >= 15 is 0 Å². The fourth-order valence-corrected chi connectivity index (χ4v) is 3.10. The number of hydrogen-bond donors (Lipinski definition) is 1. The summed E-state index contributed by atoms with van der Waals surface area (Å²) < 4.78 is 26.8. The molecule has 0 bridgehead atoms. The van der Waals surface area contributed by atoms with Crippen LogP contribution >= 0.6 is 15.9 Å². The van der Waals surface area contributed by atoms with Crippen LogP contribution in [0.25, 0.3) is 0 Å². The van der Waals surface area contributed by atoms with E-state index in [2.05, 4.69) is 21.2 Å². The van der Waals surface area contributed by atoms with Crippen molar-refractivity contribution in [1.82, 2.24) is 9.80 Å². The van der Waals surface area contributed by atoms with Gasteiger partial charge < -0.3 is 15.1 Å². The summed E-state index contributed by atoms with van der Waals surface area (Å²) in [7, 11) is 0. The predicted octanol–water partition coefficient (Wildman–Crippen LogP) is 3.72. The Labute approximate surface area is 157 Å². The van der Waals surface area contributed by atoms with E-state index in [0.29, 0.717) is 36.3 Å². The summed E-state index contributed by atoms with van der Waals surface area (Å²) in [6, 6.07) is 9.15. The fraction of sp³-hybridized carbons (Fsp3) is 0.222. The van der Waals surface area contributed by atoms with Crippen molar-refractivity contribution >= 4 is 33.6 Å². The van der Waals surface area contributed by atoms with Crippen LogP contribution in [0.3, 0.4) is 0 Å². The monoisotopic (exact) mass is 423 g/mol. The SMILES string of the molecule is O=C(Nc1ccc(F)cc1)N1CCN(C(=O)c2cc(F)ccc2Br)CC1. The van der Waals surface area contributed by atoms with E-state index in [1.807, 2.05) is 0 Å². The van der Waals surface area contributed by atoms with Gasteiger partial charge in [-0.1, -0.05) is 0 Å². The molecule has 0 unspecified atom stereocenters. The number of carbonyl (C=O) groups excluding carboxylic acids is 2. The van der Waals surface area contributed by atoms with E-state index in [4.69, 9.17) is 0 Å². The first-order chi connectivity index (χ1) is 12.4. The highest BCUT2D eigenvalue weighted by atomic mass is 79.9. The smallest absolute Gasteiger partial charge is 0.321 e. The van der Waals surface area contributed by atoms with Crippen molar-refractivity contribution in [3.05, 3.63) is 64.1 Å². The number of piperazine rings is 1. The minimum absolute atomic E-state index is 0.259. The zero-order valence-electron chi connectivity index (χ0n) is 13.7. The number of carbonyl (C=O) groups is 2. The Balaban J connectivity index is 1.58. The van der Waals surface area contributed by atoms with Gasteiger partial charge >= 0.3 is 6.03 Å². The maximum atomic E-state index is 13.4. The third kappa shape index (κ3) is 4.19. The molecule has 1 saturated heterocycles. The average molecular weight is 424 g/mol. The molecule has 0 spiro atoms. The molecule has 1 heterocycles. The molecule has 26 heavy (non-hydrogen) atoms. The lowest BCUT2D eigenvalue weighted by atomic mass is 10.1. The van der Waals surface area contributed by atoms with Crippen molar-refractivity contribution in [2.24, 2.45) is 0 Å². The maximum Gasteiger partial charge on any atom is 0.321 e. The second-order valence-electron chi connectivity index (χ2n) is 5.84. The molecule has 1 aliphatic heterocycles. The van der Waals surface area contributed by atoms with Crippen LogP contribution in [-0.2, 0) is 0 Å². The van der Waals surface area contributed by atoms with E-state index in [-0.39, 0.29) is 23.3 Å². The van der Waals surface area contributed by atoms with Crippen LogP contribution in [-0.4, -0.2) is 47.9 Å². The Bertz CT molecular complexity index is 822. The summed E-state index contributed by atoms with van der Waals surface area (Å²) in [5.74, 6) is -1.14. The number of hydrogen-bond acceptors (Lipinski definition) is 2. The average Bonchev–Trinajstić information content (AvgIpc) is 2.65. The Morgan fingerprint density at radius 3 is 2.12 bits per heavy atom. The van der Waals surface area contributed by atoms with E-state index in [1.54, 1.807) is 9.80 Å². The molecule has 0 saturated carbocycles. The molecule has 136 valence electrons. The Kier molecular flexibility index (Phi) is 5.51. The molecule has 2 aromatic carbocycles. The molecular formula is C18H16BrF2N3O2. The number of anilines is 1. The van der Waals surface area contributed by atoms with Gasteiger partial charge in [-0.2, -0.15) is 0 Å². The van der Waals surface area contributed by atoms with Crippen molar-refractivity contribution in [2.75, 3.05) is 31.5 Å². The topological polar surface area (TPSA) is 52.7 Å². The normalized spacial score (nSPS) is 14.3. The molecular weight excluding hydrogens is 408 g/mol. The number of halogens is 3. The van der Waals surface area contributed by atoms with Crippen LogP contribution in [0.15, 0.2) is 46.9 Å². The number of amides is 3. The number of urea groups is 1. The Morgan fingerprint density at radius 2 is 1.46 bits per heavy atom. The van der Waals surface area contributed by atoms with Crippen molar-refractivity contribution in [2.45, 2.75) is 0 Å². The van der Waals surface area contributed by atoms with Crippen LogP contribution in [0.4, 0.5) is 19.3 Å². The van der Waals surface area contributed by atoms with Crippen molar-refractivity contribution < 1.29 is 18.4 Å². The summed E-state index contributed by atoms with van der Waals surface area (Å²) >= 11 is 3.26. The number of benzene rings is 2. The summed E-state index contributed by atoms with van der Waals surface area (Å²) in [5, 5.41) is 2.69. The first kappa shape index (κ1) is 18.3. The van der Waals surface area contributed by atoms with E-state index in [9.17, 15) is 18.4 Å². The molecule has 5 nitrogen and oxygen atoms in total. The number of nitrogens with one attached hydrogen (secondary N) is 1. The van der Waals surface area contributed by atoms with Gasteiger partial charge in [0, 0.05) is 36.3 Å². The maximum absolute atomic E-state index is 13.4. The van der Waals surface area contributed by atoms with Gasteiger partial charge in [0.2, 0.25) is 0 Å². The zero-order valence-corrected chi connectivity index (χ0v) is 15.3. The molecule has 3 rings (SSSR count). The van der Waals surface area contributed by atoms with Gasteiger partial charge in [-0.3, -0.25) is 4.79 Å². The molecule has 0 radical (unpaired) electrons. The van der Waals surface area contributed by atoms with Gasteiger partial charge in [0.05, 0.1) is 5.56 Å². The quantitative estimate of drug-likeness (QED) is 0.799. The minimum atomic E-state index is -0.478. The lowest BCUT2D eigenvalue weighted by Crippen LogP contribution is -2.51. The zero-order chi connectivity index (χ0) is 18.7. The highest BCUT2D eigenvalue weighted by Gasteiger charge is 2.26. The van der Waals surface area contributed by atoms with Crippen molar-refractivity contribution in [3.8, 4) is 0 Å². The van der Waals surface area contributed by atoms with Gasteiger partial charge in [0.25, 0.3) is 5.91 Å². The largest absolute Gasteiger partial charge is 0.335 e. The first-order valence-corrected chi connectivity index (χ1v) is 8.79. The lowest BCUT2D eigenvalue weighted by Gasteiger charge is -2.34. The Hall–Kier alpha value is -2.48. The fourth-order valence-electron chi connectivity index (χ4n) is 2.68. The van der Waals surface area contributed by atoms with Crippen LogP contribution in [0.5, 0.6) is 0 Å². The van der Waals surface area contributed by atoms with Crippen molar-refractivity contribution in [1.29, 1.82) is 0 Å². The van der Waals surface area contributed by atoms with E-state index in [0.717, 1.165) is 0 Å². The molecule has 0 aromatic heterocycles. The van der Waals surface area contributed by atoms with E-state index < -0.39 is 5.82 Å². The molecule has 2 aromatic rings. The van der Waals surface area contributed by atoms with Crippen molar-refractivity contribution in [3.63, 3.8) is 0 Å². The molecule has 1 fully saturated rings. The second kappa shape index (κ2) is 7.82. The molecule has 0 atom stereocenters. The summed E-state index contributed by atoms with van der Waals surface area (Å²) in [4.78, 5) is 28.0. The molecule has 3 amide bonds. The van der Waals surface area contributed by atoms with Crippen LogP contribution in [0.1, 0.15) is 10.4 Å². The number of nitrogens with zero attached hydrogens (tertiary/aromatic N) is 2. The molecule has 8 heteroatoms.